The summed E-state index contributed by atoms with van der Waals surface area (Å²) >= 11 is 0. The molecular formula is C15H22FNO. The fraction of sp³-hybridized carbons (Fsp3) is 0.600. The van der Waals surface area contributed by atoms with Crippen LogP contribution in [0.1, 0.15) is 32.4 Å². The molecule has 18 heavy (non-hydrogen) atoms. The van der Waals surface area contributed by atoms with Crippen LogP contribution in [-0.4, -0.2) is 19.3 Å². The standard InChI is InChI=1S/C15H22FNO/c1-9-10(2)18-11(3)14(9)15(17-4)12-5-7-13(16)8-6-12/h5-11,14-15,17H,1-4H3. The Kier molecular flexibility index (Phi) is 4.03. The summed E-state index contributed by atoms with van der Waals surface area (Å²) in [5, 5.41) is 3.36. The maximum absolute atomic E-state index is 13.0. The third-order valence-electron chi connectivity index (χ3n) is 4.24. The van der Waals surface area contributed by atoms with Gasteiger partial charge in [0.15, 0.2) is 0 Å². The van der Waals surface area contributed by atoms with Crippen molar-refractivity contribution in [3.63, 3.8) is 0 Å². The van der Waals surface area contributed by atoms with Gasteiger partial charge in [-0.3, -0.25) is 0 Å². The fourth-order valence-corrected chi connectivity index (χ4v) is 3.12. The second kappa shape index (κ2) is 5.37. The first-order valence-corrected chi connectivity index (χ1v) is 6.62. The van der Waals surface area contributed by atoms with E-state index in [9.17, 15) is 4.39 Å². The Morgan fingerprint density at radius 2 is 1.72 bits per heavy atom. The maximum atomic E-state index is 13.0. The summed E-state index contributed by atoms with van der Waals surface area (Å²) in [5.74, 6) is 0.712. The first kappa shape index (κ1) is 13.5. The Balaban J connectivity index is 2.25. The predicted octanol–water partition coefficient (Wildman–Crippen LogP) is 3.15. The van der Waals surface area contributed by atoms with E-state index in [0.717, 1.165) is 5.56 Å². The first-order chi connectivity index (χ1) is 8.54. The maximum Gasteiger partial charge on any atom is 0.123 e. The molecule has 2 rings (SSSR count). The normalized spacial score (nSPS) is 33.6. The van der Waals surface area contributed by atoms with Gasteiger partial charge < -0.3 is 10.1 Å². The highest BCUT2D eigenvalue weighted by atomic mass is 19.1. The second-order valence-electron chi connectivity index (χ2n) is 5.30. The van der Waals surface area contributed by atoms with Crippen LogP contribution in [0, 0.1) is 17.7 Å². The lowest BCUT2D eigenvalue weighted by atomic mass is 9.80. The van der Waals surface area contributed by atoms with Crippen molar-refractivity contribution in [2.75, 3.05) is 7.05 Å². The lowest BCUT2D eigenvalue weighted by Crippen LogP contribution is -2.33. The molecule has 5 unspecified atom stereocenters. The van der Waals surface area contributed by atoms with Crippen molar-refractivity contribution < 1.29 is 9.13 Å². The lowest BCUT2D eigenvalue weighted by molar-refractivity contribution is 0.0478. The third kappa shape index (κ3) is 2.43. The van der Waals surface area contributed by atoms with Gasteiger partial charge in [-0.2, -0.15) is 0 Å². The number of nitrogens with one attached hydrogen (secondary N) is 1. The number of hydrogen-bond donors (Lipinski definition) is 1. The van der Waals surface area contributed by atoms with Gasteiger partial charge in [-0.25, -0.2) is 4.39 Å². The highest BCUT2D eigenvalue weighted by molar-refractivity contribution is 5.21. The van der Waals surface area contributed by atoms with Crippen LogP contribution in [0.3, 0.4) is 0 Å². The van der Waals surface area contributed by atoms with Crippen LogP contribution in [0.15, 0.2) is 24.3 Å². The topological polar surface area (TPSA) is 21.3 Å². The van der Waals surface area contributed by atoms with E-state index in [1.165, 1.54) is 12.1 Å². The van der Waals surface area contributed by atoms with Gasteiger partial charge in [0.05, 0.1) is 12.2 Å². The third-order valence-corrected chi connectivity index (χ3v) is 4.24. The summed E-state index contributed by atoms with van der Waals surface area (Å²) in [6.45, 7) is 6.48. The van der Waals surface area contributed by atoms with E-state index >= 15 is 0 Å². The highest BCUT2D eigenvalue weighted by Crippen LogP contribution is 2.40. The van der Waals surface area contributed by atoms with E-state index in [0.29, 0.717) is 11.8 Å². The molecule has 1 aliphatic rings. The van der Waals surface area contributed by atoms with Crippen LogP contribution in [0.4, 0.5) is 4.39 Å². The first-order valence-electron chi connectivity index (χ1n) is 6.62. The van der Waals surface area contributed by atoms with Crippen molar-refractivity contribution in [2.45, 2.75) is 39.0 Å². The van der Waals surface area contributed by atoms with E-state index in [2.05, 4.69) is 26.1 Å². The Labute approximate surface area is 109 Å². The van der Waals surface area contributed by atoms with Crippen molar-refractivity contribution in [1.29, 1.82) is 0 Å². The molecule has 1 aromatic carbocycles. The molecule has 1 aromatic rings. The van der Waals surface area contributed by atoms with E-state index in [4.69, 9.17) is 4.74 Å². The molecule has 1 fully saturated rings. The minimum Gasteiger partial charge on any atom is -0.375 e. The SMILES string of the molecule is CNC(c1ccc(F)cc1)C1C(C)OC(C)C1C. The molecule has 0 bridgehead atoms. The van der Waals surface area contributed by atoms with E-state index in [1.54, 1.807) is 0 Å². The van der Waals surface area contributed by atoms with Crippen LogP contribution in [0.5, 0.6) is 0 Å². The van der Waals surface area contributed by atoms with Crippen molar-refractivity contribution in [3.05, 3.63) is 35.6 Å². The zero-order valence-electron chi connectivity index (χ0n) is 11.5. The molecule has 0 saturated carbocycles. The minimum atomic E-state index is -0.189. The molecule has 1 saturated heterocycles. The van der Waals surface area contributed by atoms with Crippen molar-refractivity contribution in [3.8, 4) is 0 Å². The Morgan fingerprint density at radius 1 is 1.11 bits per heavy atom. The van der Waals surface area contributed by atoms with Gasteiger partial charge in [0, 0.05) is 12.0 Å². The molecule has 2 nitrogen and oxygen atoms in total. The predicted molar refractivity (Wildman–Crippen MR) is 70.9 cm³/mol. The molecule has 0 amide bonds. The lowest BCUT2D eigenvalue weighted by Gasteiger charge is -2.29. The zero-order valence-corrected chi connectivity index (χ0v) is 11.5. The Hall–Kier alpha value is -0.930. The van der Waals surface area contributed by atoms with Gasteiger partial charge in [-0.1, -0.05) is 19.1 Å². The Bertz CT molecular complexity index is 392. The van der Waals surface area contributed by atoms with Crippen molar-refractivity contribution in [1.82, 2.24) is 5.32 Å². The molecule has 1 heterocycles. The largest absolute Gasteiger partial charge is 0.375 e. The summed E-state index contributed by atoms with van der Waals surface area (Å²) in [5.41, 5.74) is 1.13. The monoisotopic (exact) mass is 251 g/mol. The molecule has 0 radical (unpaired) electrons. The highest BCUT2D eigenvalue weighted by Gasteiger charge is 2.41. The van der Waals surface area contributed by atoms with Crippen LogP contribution >= 0.6 is 0 Å². The molecule has 5 atom stereocenters. The zero-order chi connectivity index (χ0) is 13.3. The summed E-state index contributed by atoms with van der Waals surface area (Å²) in [7, 11) is 1.95. The number of ether oxygens (including phenoxy) is 1. The van der Waals surface area contributed by atoms with Gasteiger partial charge in [-0.15, -0.1) is 0 Å². The molecule has 0 aliphatic carbocycles. The molecule has 100 valence electrons. The molecule has 3 heteroatoms. The van der Waals surface area contributed by atoms with E-state index in [1.807, 2.05) is 19.2 Å². The minimum absolute atomic E-state index is 0.189. The average Bonchev–Trinajstić information content (AvgIpc) is 2.59. The molecule has 1 aliphatic heterocycles. The number of halogens is 1. The van der Waals surface area contributed by atoms with E-state index in [-0.39, 0.29) is 24.1 Å². The van der Waals surface area contributed by atoms with E-state index < -0.39 is 0 Å². The summed E-state index contributed by atoms with van der Waals surface area (Å²) < 4.78 is 18.9. The summed E-state index contributed by atoms with van der Waals surface area (Å²) in [4.78, 5) is 0. The van der Waals surface area contributed by atoms with Gasteiger partial charge in [-0.05, 0) is 44.5 Å². The number of hydrogen-bond acceptors (Lipinski definition) is 2. The molecule has 0 spiro atoms. The quantitative estimate of drug-likeness (QED) is 0.891. The van der Waals surface area contributed by atoms with Gasteiger partial charge in [0.2, 0.25) is 0 Å². The number of rotatable bonds is 3. The molecule has 1 N–H and O–H groups in total. The van der Waals surface area contributed by atoms with Gasteiger partial charge in [0.1, 0.15) is 5.82 Å². The van der Waals surface area contributed by atoms with Crippen LogP contribution in [0.2, 0.25) is 0 Å². The fourth-order valence-electron chi connectivity index (χ4n) is 3.12. The van der Waals surface area contributed by atoms with Crippen LogP contribution in [0.25, 0.3) is 0 Å². The summed E-state index contributed by atoms with van der Waals surface area (Å²) in [6.07, 6.45) is 0.499. The smallest absolute Gasteiger partial charge is 0.123 e. The van der Waals surface area contributed by atoms with Gasteiger partial charge in [0.25, 0.3) is 0 Å². The Morgan fingerprint density at radius 3 is 2.17 bits per heavy atom. The van der Waals surface area contributed by atoms with Crippen molar-refractivity contribution >= 4 is 0 Å². The molecule has 0 aromatic heterocycles. The van der Waals surface area contributed by atoms with Gasteiger partial charge >= 0.3 is 0 Å². The van der Waals surface area contributed by atoms with Crippen LogP contribution in [-0.2, 0) is 4.74 Å². The molecular weight excluding hydrogens is 229 g/mol. The summed E-state index contributed by atoms with van der Waals surface area (Å²) in [6, 6.07) is 6.97. The number of benzene rings is 1. The second-order valence-corrected chi connectivity index (χ2v) is 5.30. The van der Waals surface area contributed by atoms with Crippen molar-refractivity contribution in [2.24, 2.45) is 11.8 Å². The van der Waals surface area contributed by atoms with Crippen LogP contribution < -0.4 is 5.32 Å². The average molecular weight is 251 g/mol.